The minimum Gasteiger partial charge on any atom is -0.496 e. The molecule has 1 amide bonds. The molecule has 7 nitrogen and oxygen atoms in total. The van der Waals surface area contributed by atoms with Crippen LogP contribution in [0.4, 0.5) is 5.69 Å². The Morgan fingerprint density at radius 1 is 1.50 bits per heavy atom. The van der Waals surface area contributed by atoms with Gasteiger partial charge in [-0.25, -0.2) is 0 Å². The van der Waals surface area contributed by atoms with Gasteiger partial charge in [0.2, 0.25) is 0 Å². The van der Waals surface area contributed by atoms with Crippen LogP contribution in [0.2, 0.25) is 5.02 Å². The van der Waals surface area contributed by atoms with Gasteiger partial charge in [0.25, 0.3) is 11.6 Å². The maximum Gasteiger partial charge on any atom is 0.288 e. The summed E-state index contributed by atoms with van der Waals surface area (Å²) in [5.74, 6) is -0.154. The summed E-state index contributed by atoms with van der Waals surface area (Å²) in [6, 6.07) is 2.49. The van der Waals surface area contributed by atoms with Gasteiger partial charge in [-0.2, -0.15) is 0 Å². The van der Waals surface area contributed by atoms with Crippen molar-refractivity contribution >= 4 is 23.2 Å². The topological polar surface area (TPSA) is 84.7 Å². The third kappa shape index (κ3) is 4.36. The molecule has 0 radical (unpaired) electrons. The highest BCUT2D eigenvalue weighted by molar-refractivity contribution is 6.33. The number of halogens is 1. The van der Waals surface area contributed by atoms with Crippen LogP contribution in [0.3, 0.4) is 0 Å². The molecule has 0 unspecified atom stereocenters. The van der Waals surface area contributed by atoms with Crippen LogP contribution in [0.5, 0.6) is 5.75 Å². The molecule has 1 N–H and O–H groups in total. The van der Waals surface area contributed by atoms with E-state index in [1.807, 2.05) is 0 Å². The minimum atomic E-state index is -0.608. The second-order valence-electron chi connectivity index (χ2n) is 5.82. The summed E-state index contributed by atoms with van der Waals surface area (Å²) in [6.07, 6.45) is 3.04. The summed E-state index contributed by atoms with van der Waals surface area (Å²) in [4.78, 5) is 25.3. The number of hydrogen-bond acceptors (Lipinski definition) is 5. The maximum absolute atomic E-state index is 12.6. The predicted octanol–water partition coefficient (Wildman–Crippen LogP) is 2.86. The van der Waals surface area contributed by atoms with Crippen LogP contribution in [0.25, 0.3) is 0 Å². The Balaban J connectivity index is 2.22. The lowest BCUT2D eigenvalue weighted by atomic mass is 10.1. The van der Waals surface area contributed by atoms with E-state index >= 15 is 0 Å². The van der Waals surface area contributed by atoms with Crippen molar-refractivity contribution in [3.05, 3.63) is 32.8 Å². The second kappa shape index (κ2) is 8.30. The van der Waals surface area contributed by atoms with Crippen molar-refractivity contribution in [3.63, 3.8) is 0 Å². The molecule has 1 fully saturated rings. The Hall–Kier alpha value is -1.86. The molecular weight excluding hydrogens is 334 g/mol. The largest absolute Gasteiger partial charge is 0.496 e. The average Bonchev–Trinajstić information content (AvgIpc) is 2.79. The highest BCUT2D eigenvalue weighted by Crippen LogP contribution is 2.32. The molecule has 1 atom stereocenters. The van der Waals surface area contributed by atoms with Crippen LogP contribution in [-0.2, 0) is 0 Å². The Bertz CT molecular complexity index is 624. The fourth-order valence-electron chi connectivity index (χ4n) is 2.92. The summed E-state index contributed by atoms with van der Waals surface area (Å²) in [5, 5.41) is 14.0. The average molecular weight is 356 g/mol. The number of amides is 1. The highest BCUT2D eigenvalue weighted by Gasteiger charge is 2.24. The van der Waals surface area contributed by atoms with E-state index < -0.39 is 4.92 Å². The number of methoxy groups -OCH3 is 1. The number of ether oxygens (including phenoxy) is 1. The van der Waals surface area contributed by atoms with Crippen molar-refractivity contribution in [1.82, 2.24) is 10.2 Å². The smallest absolute Gasteiger partial charge is 0.288 e. The van der Waals surface area contributed by atoms with Gasteiger partial charge in [-0.15, -0.1) is 0 Å². The normalized spacial score (nSPS) is 18.7. The van der Waals surface area contributed by atoms with Crippen LogP contribution < -0.4 is 10.1 Å². The zero-order valence-electron chi connectivity index (χ0n) is 13.9. The van der Waals surface area contributed by atoms with Crippen LogP contribution in [0.1, 0.15) is 36.5 Å². The molecular formula is C16H22ClN3O4. The standard InChI is InChI=1S/C16H22ClN3O4/c1-3-19-7-5-4-6-11(10-19)18-16(21)12-8-14(20(22)23)13(17)9-15(12)24-2/h8-9,11H,3-7,10H2,1-2H3,(H,18,21)/t11-/m1/s1. The Labute approximate surface area is 146 Å². The Kier molecular flexibility index (Phi) is 6.39. The third-order valence-corrected chi connectivity index (χ3v) is 4.55. The number of nitro benzene ring substituents is 1. The van der Waals surface area contributed by atoms with E-state index in [1.165, 1.54) is 19.2 Å². The molecule has 1 saturated heterocycles. The van der Waals surface area contributed by atoms with Gasteiger partial charge in [0.05, 0.1) is 17.6 Å². The first kappa shape index (κ1) is 18.5. The molecule has 1 aliphatic heterocycles. The monoisotopic (exact) mass is 355 g/mol. The van der Waals surface area contributed by atoms with Gasteiger partial charge in [-0.1, -0.05) is 24.9 Å². The first-order chi connectivity index (χ1) is 11.5. The van der Waals surface area contributed by atoms with Gasteiger partial charge in [-0.3, -0.25) is 14.9 Å². The zero-order chi connectivity index (χ0) is 17.7. The van der Waals surface area contributed by atoms with E-state index in [0.717, 1.165) is 38.9 Å². The molecule has 0 bridgehead atoms. The van der Waals surface area contributed by atoms with Gasteiger partial charge < -0.3 is 15.0 Å². The lowest BCUT2D eigenvalue weighted by Gasteiger charge is -2.23. The maximum atomic E-state index is 12.6. The molecule has 0 aliphatic carbocycles. The van der Waals surface area contributed by atoms with E-state index in [-0.39, 0.29) is 34.0 Å². The van der Waals surface area contributed by atoms with E-state index in [1.54, 1.807) is 0 Å². The van der Waals surface area contributed by atoms with Gasteiger partial charge >= 0.3 is 0 Å². The van der Waals surface area contributed by atoms with Gasteiger partial charge in [0, 0.05) is 24.7 Å². The van der Waals surface area contributed by atoms with Crippen LogP contribution in [-0.4, -0.2) is 48.5 Å². The van der Waals surface area contributed by atoms with Crippen molar-refractivity contribution < 1.29 is 14.5 Å². The number of likely N-dealkylation sites (N-methyl/N-ethyl adjacent to an activating group) is 1. The van der Waals surface area contributed by atoms with Gasteiger partial charge in [0.15, 0.2) is 0 Å². The molecule has 2 rings (SSSR count). The summed E-state index contributed by atoms with van der Waals surface area (Å²) in [6.45, 7) is 4.83. The fourth-order valence-corrected chi connectivity index (χ4v) is 3.14. The number of likely N-dealkylation sites (tertiary alicyclic amines) is 1. The van der Waals surface area contributed by atoms with Gasteiger partial charge in [-0.05, 0) is 25.9 Å². The molecule has 0 saturated carbocycles. The van der Waals surface area contributed by atoms with Crippen molar-refractivity contribution in [2.45, 2.75) is 32.2 Å². The molecule has 1 heterocycles. The lowest BCUT2D eigenvalue weighted by molar-refractivity contribution is -0.384. The summed E-state index contributed by atoms with van der Waals surface area (Å²) in [5.41, 5.74) is -0.181. The SMILES string of the molecule is CCN1CCCC[C@@H](NC(=O)c2cc([N+](=O)[O-])c(Cl)cc2OC)C1. The van der Waals surface area contributed by atoms with Crippen molar-refractivity contribution in [1.29, 1.82) is 0 Å². The third-order valence-electron chi connectivity index (χ3n) is 4.25. The first-order valence-electron chi connectivity index (χ1n) is 8.01. The number of rotatable bonds is 5. The number of carbonyl (C=O) groups is 1. The summed E-state index contributed by atoms with van der Waals surface area (Å²) < 4.78 is 5.16. The molecule has 132 valence electrons. The zero-order valence-corrected chi connectivity index (χ0v) is 14.6. The molecule has 1 aromatic carbocycles. The number of hydrogen-bond donors (Lipinski definition) is 1. The number of nitrogens with one attached hydrogen (secondary N) is 1. The first-order valence-corrected chi connectivity index (χ1v) is 8.39. The minimum absolute atomic E-state index is 0.0133. The van der Waals surface area contributed by atoms with Crippen LogP contribution >= 0.6 is 11.6 Å². The summed E-state index contributed by atoms with van der Waals surface area (Å²) in [7, 11) is 1.40. The fraction of sp³-hybridized carbons (Fsp3) is 0.562. The quantitative estimate of drug-likeness (QED) is 0.648. The van der Waals surface area contributed by atoms with E-state index in [0.29, 0.717) is 0 Å². The van der Waals surface area contributed by atoms with Crippen LogP contribution in [0.15, 0.2) is 12.1 Å². The highest BCUT2D eigenvalue weighted by atomic mass is 35.5. The van der Waals surface area contributed by atoms with Crippen LogP contribution in [0, 0.1) is 10.1 Å². The lowest BCUT2D eigenvalue weighted by Crippen LogP contribution is -2.42. The van der Waals surface area contributed by atoms with E-state index in [4.69, 9.17) is 16.3 Å². The van der Waals surface area contributed by atoms with Crippen molar-refractivity contribution in [2.24, 2.45) is 0 Å². The predicted molar refractivity (Wildman–Crippen MR) is 91.9 cm³/mol. The molecule has 24 heavy (non-hydrogen) atoms. The molecule has 8 heteroatoms. The number of benzene rings is 1. The van der Waals surface area contributed by atoms with E-state index in [9.17, 15) is 14.9 Å². The molecule has 1 aromatic rings. The number of nitrogens with zero attached hydrogens (tertiary/aromatic N) is 2. The Morgan fingerprint density at radius 2 is 2.25 bits per heavy atom. The molecule has 0 spiro atoms. The van der Waals surface area contributed by atoms with Gasteiger partial charge in [0.1, 0.15) is 10.8 Å². The Morgan fingerprint density at radius 3 is 2.88 bits per heavy atom. The molecule has 0 aromatic heterocycles. The van der Waals surface area contributed by atoms with Crippen molar-refractivity contribution in [3.8, 4) is 5.75 Å². The van der Waals surface area contributed by atoms with Crippen molar-refractivity contribution in [2.75, 3.05) is 26.7 Å². The summed E-state index contributed by atoms with van der Waals surface area (Å²) >= 11 is 5.87. The second-order valence-corrected chi connectivity index (χ2v) is 6.23. The number of nitro groups is 1. The van der Waals surface area contributed by atoms with E-state index in [2.05, 4.69) is 17.1 Å². The number of carbonyl (C=O) groups excluding carboxylic acids is 1. The molecule has 1 aliphatic rings.